The molecule has 10 heteroatoms. The number of halogens is 3. The molecule has 1 heterocycles. The molecule has 2 aromatic carbocycles. The number of aromatic nitrogens is 2. The minimum atomic E-state index is -1.04. The summed E-state index contributed by atoms with van der Waals surface area (Å²) in [6.45, 7) is 1.51. The quantitative estimate of drug-likeness (QED) is 0.310. The second-order valence-corrected chi connectivity index (χ2v) is 9.14. The van der Waals surface area contributed by atoms with E-state index in [-0.39, 0.29) is 5.56 Å². The van der Waals surface area contributed by atoms with Gasteiger partial charge in [-0.15, -0.1) is 0 Å². The second-order valence-electron chi connectivity index (χ2n) is 5.90. The number of aliphatic carboxylic acids is 1. The maximum atomic E-state index is 12.9. The number of rotatable bonds is 6. The summed E-state index contributed by atoms with van der Waals surface area (Å²) in [6.07, 6.45) is 2.13. The lowest BCUT2D eigenvalue weighted by atomic mass is 10.2. The summed E-state index contributed by atoms with van der Waals surface area (Å²) in [5.41, 5.74) is 1.14. The van der Waals surface area contributed by atoms with Crippen molar-refractivity contribution in [2.45, 2.75) is 13.3 Å². The maximum Gasteiger partial charge on any atom is 0.341 e. The number of hydrogen-bond donors (Lipinski definition) is 1. The van der Waals surface area contributed by atoms with Crippen molar-refractivity contribution in [2.75, 3.05) is 6.61 Å². The van der Waals surface area contributed by atoms with Crippen molar-refractivity contribution in [3.63, 3.8) is 0 Å². The van der Waals surface area contributed by atoms with E-state index in [1.165, 1.54) is 4.68 Å². The van der Waals surface area contributed by atoms with Gasteiger partial charge < -0.3 is 9.84 Å². The molecule has 0 saturated carbocycles. The van der Waals surface area contributed by atoms with Crippen LogP contribution in [0.2, 0.25) is 0 Å². The van der Waals surface area contributed by atoms with E-state index in [1.54, 1.807) is 18.3 Å². The molecule has 0 amide bonds. The molecule has 0 saturated heterocycles. The van der Waals surface area contributed by atoms with Gasteiger partial charge >= 0.3 is 5.97 Å². The predicted molar refractivity (Wildman–Crippen MR) is 131 cm³/mol. The molecule has 0 fully saturated rings. The van der Waals surface area contributed by atoms with Crippen LogP contribution in [-0.2, 0) is 11.2 Å². The Morgan fingerprint density at radius 2 is 2.00 bits per heavy atom. The van der Waals surface area contributed by atoms with Gasteiger partial charge in [0.15, 0.2) is 6.61 Å². The lowest BCUT2D eigenvalue weighted by Gasteiger charge is -2.10. The number of hydrogen-bond acceptors (Lipinski definition) is 5. The van der Waals surface area contributed by atoms with E-state index in [2.05, 4.69) is 71.2 Å². The Bertz CT molecular complexity index is 1170. The van der Waals surface area contributed by atoms with Crippen molar-refractivity contribution in [1.29, 1.82) is 0 Å². The number of fused-ring (bicyclic) bond motifs is 1. The van der Waals surface area contributed by atoms with Gasteiger partial charge in [0, 0.05) is 10.9 Å². The summed E-state index contributed by atoms with van der Waals surface area (Å²) in [5, 5.41) is 13.7. The molecule has 0 aliphatic heterocycles. The molecule has 3 rings (SSSR count). The molecule has 0 spiro atoms. The summed E-state index contributed by atoms with van der Waals surface area (Å²) in [7, 11) is 0. The number of benzene rings is 2. The predicted octanol–water partition coefficient (Wildman–Crippen LogP) is 4.28. The van der Waals surface area contributed by atoms with Gasteiger partial charge in [-0.2, -0.15) is 9.78 Å². The van der Waals surface area contributed by atoms with E-state index < -0.39 is 12.6 Å². The fourth-order valence-electron chi connectivity index (χ4n) is 2.59. The first-order chi connectivity index (χ1) is 13.8. The highest BCUT2D eigenvalue weighted by molar-refractivity contribution is 14.1. The van der Waals surface area contributed by atoms with Crippen molar-refractivity contribution >= 4 is 84.2 Å². The Kier molecular flexibility index (Phi) is 7.27. The fraction of sp³-hybridized carbons (Fsp3) is 0.158. The average molecular weight is 682 g/mol. The first-order valence-corrected chi connectivity index (χ1v) is 11.3. The topological polar surface area (TPSA) is 93.8 Å². The summed E-state index contributed by atoms with van der Waals surface area (Å²) in [5.74, 6) is 0.0328. The van der Waals surface area contributed by atoms with Crippen molar-refractivity contribution in [1.82, 2.24) is 9.66 Å². The van der Waals surface area contributed by atoms with Crippen LogP contribution in [0.15, 0.2) is 44.7 Å². The van der Waals surface area contributed by atoms with Crippen molar-refractivity contribution < 1.29 is 14.6 Å². The monoisotopic (exact) mass is 681 g/mol. The average Bonchev–Trinajstić information content (AvgIpc) is 2.66. The molecule has 0 radical (unpaired) electrons. The van der Waals surface area contributed by atoms with Gasteiger partial charge in [-0.25, -0.2) is 9.78 Å². The zero-order valence-electron chi connectivity index (χ0n) is 15.0. The molecule has 29 heavy (non-hydrogen) atoms. The van der Waals surface area contributed by atoms with E-state index in [9.17, 15) is 9.59 Å². The van der Waals surface area contributed by atoms with Crippen LogP contribution in [-0.4, -0.2) is 33.6 Å². The zero-order chi connectivity index (χ0) is 21.1. The number of nitrogens with zero attached hydrogens (tertiary/aromatic N) is 3. The molecule has 0 bridgehead atoms. The third kappa shape index (κ3) is 5.15. The molecular formula is C19H14BrI2N3O4. The third-order valence-corrected chi connectivity index (χ3v) is 5.97. The first-order valence-electron chi connectivity index (χ1n) is 8.39. The fourth-order valence-corrected chi connectivity index (χ4v) is 5.08. The van der Waals surface area contributed by atoms with Gasteiger partial charge in [0.05, 0.1) is 24.3 Å². The van der Waals surface area contributed by atoms with E-state index in [0.717, 1.165) is 17.2 Å². The Morgan fingerprint density at radius 3 is 2.62 bits per heavy atom. The number of ether oxygens (including phenoxy) is 1. The molecule has 0 aliphatic carbocycles. The molecule has 150 valence electrons. The Balaban J connectivity index is 2.01. The van der Waals surface area contributed by atoms with Crippen LogP contribution in [0.4, 0.5) is 0 Å². The minimum absolute atomic E-state index is 0.241. The van der Waals surface area contributed by atoms with Gasteiger partial charge in [0.25, 0.3) is 5.56 Å². The van der Waals surface area contributed by atoms with Gasteiger partial charge in [0.2, 0.25) is 0 Å². The summed E-state index contributed by atoms with van der Waals surface area (Å²) >= 11 is 7.54. The van der Waals surface area contributed by atoms with Crippen LogP contribution in [0.3, 0.4) is 0 Å². The molecule has 1 aromatic heterocycles. The third-order valence-electron chi connectivity index (χ3n) is 3.87. The van der Waals surface area contributed by atoms with E-state index in [0.29, 0.717) is 28.9 Å². The highest BCUT2D eigenvalue weighted by Crippen LogP contribution is 2.28. The Morgan fingerprint density at radius 1 is 1.31 bits per heavy atom. The van der Waals surface area contributed by atoms with Gasteiger partial charge in [-0.1, -0.05) is 22.9 Å². The summed E-state index contributed by atoms with van der Waals surface area (Å²) < 4.78 is 8.94. The molecule has 1 N–H and O–H groups in total. The maximum absolute atomic E-state index is 12.9. The van der Waals surface area contributed by atoms with Crippen molar-refractivity contribution in [3.8, 4) is 5.75 Å². The van der Waals surface area contributed by atoms with Crippen LogP contribution < -0.4 is 10.3 Å². The van der Waals surface area contributed by atoms with E-state index in [4.69, 9.17) is 9.84 Å². The standard InChI is InChI=1S/C19H14BrI2N3O4/c1-2-16-24-15-4-3-11(20)7-12(15)19(28)25(16)23-8-10-5-13(21)18(14(22)6-10)29-9-17(26)27/h3-8H,2,9H2,1H3,(H,26,27). The number of carboxylic acids is 1. The van der Waals surface area contributed by atoms with Crippen molar-refractivity contribution in [2.24, 2.45) is 5.10 Å². The van der Waals surface area contributed by atoms with E-state index >= 15 is 0 Å². The molecule has 0 unspecified atom stereocenters. The molecule has 0 atom stereocenters. The number of aryl methyl sites for hydroxylation is 1. The number of carboxylic acid groups (broad SMARTS) is 1. The Labute approximate surface area is 201 Å². The van der Waals surface area contributed by atoms with Crippen LogP contribution in [0.25, 0.3) is 10.9 Å². The van der Waals surface area contributed by atoms with E-state index in [1.807, 2.05) is 25.1 Å². The second kappa shape index (κ2) is 9.51. The van der Waals surface area contributed by atoms with Crippen LogP contribution in [0.1, 0.15) is 18.3 Å². The normalized spacial score (nSPS) is 11.3. The summed E-state index contributed by atoms with van der Waals surface area (Å²) in [4.78, 5) is 28.2. The lowest BCUT2D eigenvalue weighted by Crippen LogP contribution is -2.22. The lowest BCUT2D eigenvalue weighted by molar-refractivity contribution is -0.139. The number of carbonyl (C=O) groups is 1. The zero-order valence-corrected chi connectivity index (χ0v) is 20.9. The van der Waals surface area contributed by atoms with Crippen LogP contribution >= 0.6 is 61.1 Å². The van der Waals surface area contributed by atoms with Gasteiger partial charge in [-0.05, 0) is 81.1 Å². The highest BCUT2D eigenvalue weighted by Gasteiger charge is 2.12. The SMILES string of the molecule is CCc1nc2ccc(Br)cc2c(=O)n1N=Cc1cc(I)c(OCC(=O)O)c(I)c1. The van der Waals surface area contributed by atoms with Crippen molar-refractivity contribution in [3.05, 3.63) is 63.7 Å². The molecular weight excluding hydrogens is 668 g/mol. The summed E-state index contributed by atoms with van der Waals surface area (Å²) in [6, 6.07) is 9.00. The molecule has 7 nitrogen and oxygen atoms in total. The highest BCUT2D eigenvalue weighted by atomic mass is 127. The smallest absolute Gasteiger partial charge is 0.341 e. The minimum Gasteiger partial charge on any atom is -0.480 e. The van der Waals surface area contributed by atoms with Crippen LogP contribution in [0, 0.1) is 7.14 Å². The Hall–Kier alpha value is -1.54. The van der Waals surface area contributed by atoms with Gasteiger partial charge in [0.1, 0.15) is 11.6 Å². The van der Waals surface area contributed by atoms with Crippen LogP contribution in [0.5, 0.6) is 5.75 Å². The molecule has 3 aromatic rings. The largest absolute Gasteiger partial charge is 0.480 e. The molecule has 0 aliphatic rings. The van der Waals surface area contributed by atoms with Gasteiger partial charge in [-0.3, -0.25) is 4.79 Å². The first kappa shape index (κ1) is 22.2.